The van der Waals surface area contributed by atoms with Crippen LogP contribution in [0.1, 0.15) is 25.3 Å². The molecule has 160 valence electrons. The highest BCUT2D eigenvalue weighted by Crippen LogP contribution is 2.24. The Morgan fingerprint density at radius 2 is 1.55 bits per heavy atom. The number of likely N-dealkylation sites (tertiary alicyclic amines) is 1. The second-order valence-electron chi connectivity index (χ2n) is 8.13. The van der Waals surface area contributed by atoms with E-state index in [9.17, 15) is 9.59 Å². The zero-order chi connectivity index (χ0) is 21.6. The number of hydrogen-bond acceptors (Lipinski definition) is 3. The normalized spacial score (nSPS) is 15.0. The summed E-state index contributed by atoms with van der Waals surface area (Å²) in [5, 5.41) is 8.30. The lowest BCUT2D eigenvalue weighted by Crippen LogP contribution is -2.41. The molecular weight excluding hydrogens is 386 g/mol. The molecule has 0 aliphatic carbocycles. The summed E-state index contributed by atoms with van der Waals surface area (Å²) in [6, 6.07) is 21.9. The van der Waals surface area contributed by atoms with Crippen molar-refractivity contribution in [2.24, 2.45) is 5.92 Å². The number of para-hydroxylation sites is 1. The molecule has 1 aliphatic heterocycles. The number of nitrogens with one attached hydrogen (secondary N) is 2. The molecule has 1 heterocycles. The predicted octanol–water partition coefficient (Wildman–Crippen LogP) is 4.69. The van der Waals surface area contributed by atoms with Gasteiger partial charge in [-0.15, -0.1) is 0 Å². The molecule has 0 radical (unpaired) electrons. The highest BCUT2D eigenvalue weighted by molar-refractivity contribution is 6.02. The number of carbonyl (C=O) groups excluding carboxylic acids is 2. The molecule has 5 nitrogen and oxygen atoms in total. The molecule has 31 heavy (non-hydrogen) atoms. The van der Waals surface area contributed by atoms with Crippen molar-refractivity contribution in [3.05, 3.63) is 72.3 Å². The summed E-state index contributed by atoms with van der Waals surface area (Å²) in [5.41, 5.74) is 2.90. The zero-order valence-corrected chi connectivity index (χ0v) is 17.9. The Morgan fingerprint density at radius 1 is 0.871 bits per heavy atom. The molecule has 0 spiro atoms. The maximum atomic E-state index is 12.7. The number of piperidine rings is 1. The summed E-state index contributed by atoms with van der Waals surface area (Å²) in [6.07, 6.45) is 2.42. The van der Waals surface area contributed by atoms with Gasteiger partial charge in [0.2, 0.25) is 11.8 Å². The molecule has 1 fully saturated rings. The number of hydrogen-bond donors (Lipinski definition) is 2. The van der Waals surface area contributed by atoms with Crippen molar-refractivity contribution in [2.75, 3.05) is 30.3 Å². The van der Waals surface area contributed by atoms with Crippen LogP contribution in [0.25, 0.3) is 10.8 Å². The molecule has 2 amide bonds. The first-order valence-electron chi connectivity index (χ1n) is 11.0. The van der Waals surface area contributed by atoms with E-state index < -0.39 is 0 Å². The smallest absolute Gasteiger partial charge is 0.238 e. The summed E-state index contributed by atoms with van der Waals surface area (Å²) < 4.78 is 0. The number of anilines is 2. The first kappa shape index (κ1) is 21.1. The molecule has 0 aromatic heterocycles. The molecule has 2 N–H and O–H groups in total. The van der Waals surface area contributed by atoms with Gasteiger partial charge >= 0.3 is 0 Å². The Balaban J connectivity index is 1.29. The third-order valence-corrected chi connectivity index (χ3v) is 6.05. The van der Waals surface area contributed by atoms with Crippen LogP contribution in [-0.2, 0) is 16.0 Å². The molecule has 3 aromatic carbocycles. The average Bonchev–Trinajstić information content (AvgIpc) is 2.80. The van der Waals surface area contributed by atoms with E-state index in [0.717, 1.165) is 60.1 Å². The van der Waals surface area contributed by atoms with Gasteiger partial charge in [0.25, 0.3) is 0 Å². The van der Waals surface area contributed by atoms with Crippen molar-refractivity contribution in [3.63, 3.8) is 0 Å². The van der Waals surface area contributed by atoms with Crippen molar-refractivity contribution in [1.29, 1.82) is 0 Å². The molecule has 5 heteroatoms. The fourth-order valence-electron chi connectivity index (χ4n) is 4.27. The van der Waals surface area contributed by atoms with Crippen molar-refractivity contribution < 1.29 is 9.59 Å². The van der Waals surface area contributed by atoms with Crippen LogP contribution in [0.15, 0.2) is 66.7 Å². The first-order chi connectivity index (χ1) is 15.1. The topological polar surface area (TPSA) is 61.4 Å². The molecule has 4 rings (SSSR count). The number of rotatable bonds is 6. The summed E-state index contributed by atoms with van der Waals surface area (Å²) >= 11 is 0. The molecule has 1 aliphatic rings. The van der Waals surface area contributed by atoms with Crippen LogP contribution in [0.3, 0.4) is 0 Å². The van der Waals surface area contributed by atoms with Gasteiger partial charge in [0, 0.05) is 22.7 Å². The number of aryl methyl sites for hydroxylation is 1. The van der Waals surface area contributed by atoms with Crippen LogP contribution >= 0.6 is 0 Å². The van der Waals surface area contributed by atoms with Crippen LogP contribution in [0.2, 0.25) is 0 Å². The first-order valence-corrected chi connectivity index (χ1v) is 11.0. The standard InChI is InChI=1S/C26H29N3O2/c1-2-19-8-4-6-12-23(19)28-26(31)21-14-16-29(17-15-21)18-25(30)27-24-13-7-10-20-9-3-5-11-22(20)24/h3-13,21H,2,14-18H2,1H3,(H,27,30)(H,28,31). The minimum Gasteiger partial charge on any atom is -0.326 e. The summed E-state index contributed by atoms with van der Waals surface area (Å²) in [5.74, 6) is 0.0548. The van der Waals surface area contributed by atoms with Gasteiger partial charge in [0.15, 0.2) is 0 Å². The van der Waals surface area contributed by atoms with E-state index in [2.05, 4.69) is 22.5 Å². The van der Waals surface area contributed by atoms with Crippen LogP contribution in [-0.4, -0.2) is 36.3 Å². The Morgan fingerprint density at radius 3 is 2.35 bits per heavy atom. The molecule has 1 saturated heterocycles. The number of amides is 2. The molecule has 3 aromatic rings. The third-order valence-electron chi connectivity index (χ3n) is 6.05. The van der Waals surface area contributed by atoms with Gasteiger partial charge in [-0.25, -0.2) is 0 Å². The van der Waals surface area contributed by atoms with Crippen molar-refractivity contribution in [2.45, 2.75) is 26.2 Å². The third kappa shape index (κ3) is 5.12. The quantitative estimate of drug-likeness (QED) is 0.614. The Labute approximate surface area is 183 Å². The van der Waals surface area contributed by atoms with E-state index in [0.29, 0.717) is 6.54 Å². The van der Waals surface area contributed by atoms with E-state index >= 15 is 0 Å². The number of fused-ring (bicyclic) bond motifs is 1. The van der Waals surface area contributed by atoms with E-state index in [-0.39, 0.29) is 17.7 Å². The monoisotopic (exact) mass is 415 g/mol. The summed E-state index contributed by atoms with van der Waals surface area (Å²) in [6.45, 7) is 3.93. The predicted molar refractivity (Wildman–Crippen MR) is 126 cm³/mol. The van der Waals surface area contributed by atoms with Gasteiger partial charge in [-0.1, -0.05) is 61.5 Å². The minimum absolute atomic E-state index is 0.0118. The van der Waals surface area contributed by atoms with Crippen LogP contribution in [0.4, 0.5) is 11.4 Å². The Bertz CT molecular complexity index is 1070. The van der Waals surface area contributed by atoms with Crippen molar-refractivity contribution in [1.82, 2.24) is 4.90 Å². The fourth-order valence-corrected chi connectivity index (χ4v) is 4.27. The fraction of sp³-hybridized carbons (Fsp3) is 0.308. The summed E-state index contributed by atoms with van der Waals surface area (Å²) in [4.78, 5) is 27.5. The van der Waals surface area contributed by atoms with E-state index in [4.69, 9.17) is 0 Å². The average molecular weight is 416 g/mol. The van der Waals surface area contributed by atoms with E-state index in [1.807, 2.05) is 66.7 Å². The number of nitrogens with zero attached hydrogens (tertiary/aromatic N) is 1. The molecule has 0 saturated carbocycles. The van der Waals surface area contributed by atoms with E-state index in [1.54, 1.807) is 0 Å². The lowest BCUT2D eigenvalue weighted by Gasteiger charge is -2.30. The maximum absolute atomic E-state index is 12.7. The zero-order valence-electron chi connectivity index (χ0n) is 17.9. The van der Waals surface area contributed by atoms with Gasteiger partial charge in [-0.3, -0.25) is 14.5 Å². The van der Waals surface area contributed by atoms with E-state index in [1.165, 1.54) is 0 Å². The van der Waals surface area contributed by atoms with Crippen molar-refractivity contribution >= 4 is 34.0 Å². The van der Waals surface area contributed by atoms with Crippen molar-refractivity contribution in [3.8, 4) is 0 Å². The summed E-state index contributed by atoms with van der Waals surface area (Å²) in [7, 11) is 0. The SMILES string of the molecule is CCc1ccccc1NC(=O)C1CCN(CC(=O)Nc2cccc3ccccc23)CC1. The van der Waals surface area contributed by atoms with Gasteiger partial charge in [0.05, 0.1) is 6.54 Å². The molecule has 0 bridgehead atoms. The lowest BCUT2D eigenvalue weighted by molar-refractivity contribution is -0.121. The lowest BCUT2D eigenvalue weighted by atomic mass is 9.95. The van der Waals surface area contributed by atoms with Gasteiger partial charge in [-0.2, -0.15) is 0 Å². The molecular formula is C26H29N3O2. The van der Waals surface area contributed by atoms with Crippen LogP contribution in [0, 0.1) is 5.92 Å². The second kappa shape index (κ2) is 9.75. The second-order valence-corrected chi connectivity index (χ2v) is 8.13. The Hall–Kier alpha value is -3.18. The molecule has 0 unspecified atom stereocenters. The number of carbonyl (C=O) groups is 2. The van der Waals surface area contributed by atoms with Crippen LogP contribution < -0.4 is 10.6 Å². The number of benzene rings is 3. The van der Waals surface area contributed by atoms with Gasteiger partial charge < -0.3 is 10.6 Å². The Kier molecular flexibility index (Phi) is 6.63. The van der Waals surface area contributed by atoms with Crippen LogP contribution in [0.5, 0.6) is 0 Å². The van der Waals surface area contributed by atoms with Gasteiger partial charge in [0.1, 0.15) is 0 Å². The molecule has 0 atom stereocenters. The van der Waals surface area contributed by atoms with Gasteiger partial charge in [-0.05, 0) is 55.4 Å². The minimum atomic E-state index is -0.0175. The maximum Gasteiger partial charge on any atom is 0.238 e. The highest BCUT2D eigenvalue weighted by Gasteiger charge is 2.26. The highest BCUT2D eigenvalue weighted by atomic mass is 16.2. The largest absolute Gasteiger partial charge is 0.326 e.